The van der Waals surface area contributed by atoms with Crippen molar-refractivity contribution >= 4 is 5.91 Å². The van der Waals surface area contributed by atoms with Gasteiger partial charge < -0.3 is 10.6 Å². The van der Waals surface area contributed by atoms with Crippen LogP contribution in [-0.2, 0) is 4.79 Å². The van der Waals surface area contributed by atoms with Crippen molar-refractivity contribution < 1.29 is 4.79 Å². The van der Waals surface area contributed by atoms with Crippen LogP contribution in [0.1, 0.15) is 39.5 Å². The van der Waals surface area contributed by atoms with E-state index in [0.717, 1.165) is 32.2 Å². The molecule has 1 amide bonds. The predicted molar refractivity (Wildman–Crippen MR) is 53.3 cm³/mol. The Labute approximate surface area is 80.3 Å². The fourth-order valence-corrected chi connectivity index (χ4v) is 1.96. The Balaban J connectivity index is 2.43. The van der Waals surface area contributed by atoms with E-state index in [4.69, 9.17) is 5.73 Å². The summed E-state index contributed by atoms with van der Waals surface area (Å²) in [5, 5.41) is 0. The highest BCUT2D eigenvalue weighted by atomic mass is 16.2. The lowest BCUT2D eigenvalue weighted by molar-refractivity contribution is -0.135. The van der Waals surface area contributed by atoms with E-state index >= 15 is 0 Å². The quantitative estimate of drug-likeness (QED) is 0.714. The molecule has 2 unspecified atom stereocenters. The van der Waals surface area contributed by atoms with E-state index in [1.807, 2.05) is 11.8 Å². The lowest BCUT2D eigenvalue weighted by atomic mass is 10.0. The molecule has 2 N–H and O–H groups in total. The minimum Gasteiger partial charge on any atom is -0.340 e. The molecule has 0 radical (unpaired) electrons. The molecule has 1 aliphatic heterocycles. The molecule has 1 rings (SSSR count). The minimum atomic E-state index is 0.185. The van der Waals surface area contributed by atoms with Crippen LogP contribution < -0.4 is 5.73 Å². The second-order valence-electron chi connectivity index (χ2n) is 4.11. The SMILES string of the molecule is CC(N)CC(C)N1CCCCC1=O. The van der Waals surface area contributed by atoms with Gasteiger partial charge in [0, 0.05) is 25.0 Å². The Kier molecular flexibility index (Phi) is 3.72. The van der Waals surface area contributed by atoms with Crippen molar-refractivity contribution in [2.45, 2.75) is 51.6 Å². The van der Waals surface area contributed by atoms with Crippen molar-refractivity contribution in [3.63, 3.8) is 0 Å². The molecule has 0 aromatic carbocycles. The van der Waals surface area contributed by atoms with Gasteiger partial charge >= 0.3 is 0 Å². The van der Waals surface area contributed by atoms with E-state index in [0.29, 0.717) is 11.9 Å². The smallest absolute Gasteiger partial charge is 0.222 e. The summed E-state index contributed by atoms with van der Waals surface area (Å²) in [6, 6.07) is 0.498. The molecule has 1 aliphatic rings. The maximum Gasteiger partial charge on any atom is 0.222 e. The second kappa shape index (κ2) is 4.61. The predicted octanol–water partition coefficient (Wildman–Crippen LogP) is 1.12. The Morgan fingerprint density at radius 2 is 2.15 bits per heavy atom. The van der Waals surface area contributed by atoms with Gasteiger partial charge in [0.2, 0.25) is 5.91 Å². The summed E-state index contributed by atoms with van der Waals surface area (Å²) in [7, 11) is 0. The van der Waals surface area contributed by atoms with Gasteiger partial charge in [-0.25, -0.2) is 0 Å². The molecule has 1 heterocycles. The summed E-state index contributed by atoms with van der Waals surface area (Å²) in [5.41, 5.74) is 5.71. The van der Waals surface area contributed by atoms with Crippen molar-refractivity contribution in [3.05, 3.63) is 0 Å². The Morgan fingerprint density at radius 3 is 2.69 bits per heavy atom. The minimum absolute atomic E-state index is 0.185. The summed E-state index contributed by atoms with van der Waals surface area (Å²) in [4.78, 5) is 13.5. The molecule has 13 heavy (non-hydrogen) atoms. The molecule has 0 spiro atoms. The molecular formula is C10H20N2O. The van der Waals surface area contributed by atoms with Gasteiger partial charge in [-0.15, -0.1) is 0 Å². The van der Waals surface area contributed by atoms with Crippen molar-refractivity contribution in [2.75, 3.05) is 6.54 Å². The molecule has 2 atom stereocenters. The summed E-state index contributed by atoms with van der Waals surface area (Å²) >= 11 is 0. The number of likely N-dealkylation sites (tertiary alicyclic amines) is 1. The zero-order valence-corrected chi connectivity index (χ0v) is 8.62. The van der Waals surface area contributed by atoms with Gasteiger partial charge in [-0.3, -0.25) is 4.79 Å². The van der Waals surface area contributed by atoms with E-state index in [2.05, 4.69) is 6.92 Å². The first-order valence-electron chi connectivity index (χ1n) is 5.16. The topological polar surface area (TPSA) is 46.3 Å². The molecule has 0 bridgehead atoms. The standard InChI is InChI=1S/C10H20N2O/c1-8(11)7-9(2)12-6-4-3-5-10(12)13/h8-9H,3-7,11H2,1-2H3. The third-order valence-electron chi connectivity index (χ3n) is 2.60. The molecule has 0 saturated carbocycles. The first-order valence-corrected chi connectivity index (χ1v) is 5.16. The highest BCUT2D eigenvalue weighted by Gasteiger charge is 2.23. The van der Waals surface area contributed by atoms with Crippen LogP contribution in [0.2, 0.25) is 0 Å². The largest absolute Gasteiger partial charge is 0.340 e. The van der Waals surface area contributed by atoms with Crippen LogP contribution in [0, 0.1) is 0 Å². The summed E-state index contributed by atoms with van der Waals surface area (Å²) in [6.45, 7) is 5.00. The third kappa shape index (κ3) is 2.99. The van der Waals surface area contributed by atoms with Gasteiger partial charge in [-0.2, -0.15) is 0 Å². The van der Waals surface area contributed by atoms with Crippen LogP contribution in [0.15, 0.2) is 0 Å². The van der Waals surface area contributed by atoms with E-state index < -0.39 is 0 Å². The van der Waals surface area contributed by atoms with Crippen LogP contribution in [-0.4, -0.2) is 29.4 Å². The normalized spacial score (nSPS) is 23.0. The van der Waals surface area contributed by atoms with Gasteiger partial charge in [-0.05, 0) is 33.1 Å². The fourth-order valence-electron chi connectivity index (χ4n) is 1.96. The monoisotopic (exact) mass is 184 g/mol. The van der Waals surface area contributed by atoms with Crippen LogP contribution in [0.4, 0.5) is 0 Å². The number of nitrogens with two attached hydrogens (primary N) is 1. The average Bonchev–Trinajstić information content (AvgIpc) is 2.03. The summed E-state index contributed by atoms with van der Waals surface area (Å²) < 4.78 is 0. The zero-order valence-electron chi connectivity index (χ0n) is 8.62. The van der Waals surface area contributed by atoms with Gasteiger partial charge in [0.05, 0.1) is 0 Å². The van der Waals surface area contributed by atoms with Crippen molar-refractivity contribution in [2.24, 2.45) is 5.73 Å². The molecule has 0 aromatic heterocycles. The van der Waals surface area contributed by atoms with Crippen LogP contribution in [0.3, 0.4) is 0 Å². The number of nitrogens with zero attached hydrogens (tertiary/aromatic N) is 1. The molecule has 3 nitrogen and oxygen atoms in total. The van der Waals surface area contributed by atoms with E-state index in [1.54, 1.807) is 0 Å². The Bertz CT molecular complexity index is 180. The fraction of sp³-hybridized carbons (Fsp3) is 0.900. The number of carbonyl (C=O) groups is 1. The van der Waals surface area contributed by atoms with Crippen molar-refractivity contribution in [1.82, 2.24) is 4.90 Å². The van der Waals surface area contributed by atoms with E-state index in [9.17, 15) is 4.79 Å². The van der Waals surface area contributed by atoms with E-state index in [1.165, 1.54) is 0 Å². The summed E-state index contributed by atoms with van der Waals surface area (Å²) in [6.07, 6.45) is 3.84. The van der Waals surface area contributed by atoms with Gasteiger partial charge in [0.1, 0.15) is 0 Å². The summed E-state index contributed by atoms with van der Waals surface area (Å²) in [5.74, 6) is 0.305. The maximum atomic E-state index is 11.5. The average molecular weight is 184 g/mol. The third-order valence-corrected chi connectivity index (χ3v) is 2.60. The maximum absolute atomic E-state index is 11.5. The molecular weight excluding hydrogens is 164 g/mol. The van der Waals surface area contributed by atoms with Crippen LogP contribution >= 0.6 is 0 Å². The number of rotatable bonds is 3. The molecule has 0 aromatic rings. The second-order valence-corrected chi connectivity index (χ2v) is 4.11. The Hall–Kier alpha value is -0.570. The molecule has 1 saturated heterocycles. The van der Waals surface area contributed by atoms with Crippen LogP contribution in [0.25, 0.3) is 0 Å². The number of carbonyl (C=O) groups excluding carboxylic acids is 1. The van der Waals surface area contributed by atoms with Crippen LogP contribution in [0.5, 0.6) is 0 Å². The highest BCUT2D eigenvalue weighted by molar-refractivity contribution is 5.77. The first kappa shape index (κ1) is 10.5. The van der Waals surface area contributed by atoms with Gasteiger partial charge in [0.15, 0.2) is 0 Å². The lowest BCUT2D eigenvalue weighted by Gasteiger charge is -2.33. The van der Waals surface area contributed by atoms with Gasteiger partial charge in [-0.1, -0.05) is 0 Å². The molecule has 76 valence electrons. The zero-order chi connectivity index (χ0) is 9.84. The lowest BCUT2D eigenvalue weighted by Crippen LogP contribution is -2.43. The van der Waals surface area contributed by atoms with Gasteiger partial charge in [0.25, 0.3) is 0 Å². The molecule has 3 heteroatoms. The molecule has 1 fully saturated rings. The number of hydrogen-bond acceptors (Lipinski definition) is 2. The number of amides is 1. The number of hydrogen-bond donors (Lipinski definition) is 1. The highest BCUT2D eigenvalue weighted by Crippen LogP contribution is 2.15. The first-order chi connectivity index (χ1) is 6.11. The van der Waals surface area contributed by atoms with E-state index in [-0.39, 0.29) is 6.04 Å². The molecule has 0 aliphatic carbocycles. The Morgan fingerprint density at radius 1 is 1.46 bits per heavy atom. The van der Waals surface area contributed by atoms with Crippen molar-refractivity contribution in [3.8, 4) is 0 Å². The van der Waals surface area contributed by atoms with Crippen molar-refractivity contribution in [1.29, 1.82) is 0 Å². The number of piperidine rings is 1.